The van der Waals surface area contributed by atoms with Gasteiger partial charge in [0.15, 0.2) is 0 Å². The Hall–Kier alpha value is -1.35. The van der Waals surface area contributed by atoms with Crippen LogP contribution in [0.15, 0.2) is 0 Å². The van der Waals surface area contributed by atoms with Crippen LogP contribution in [0.5, 0.6) is 0 Å². The van der Waals surface area contributed by atoms with Crippen LogP contribution < -0.4 is 9.44 Å². The van der Waals surface area contributed by atoms with Crippen LogP contribution in [-0.2, 0) is 31.4 Å². The number of piperidine rings is 2. The van der Waals surface area contributed by atoms with Crippen molar-refractivity contribution in [2.75, 3.05) is 26.2 Å². The zero-order valence-corrected chi connectivity index (χ0v) is 34.4. The first kappa shape index (κ1) is 43.1. The summed E-state index contributed by atoms with van der Waals surface area (Å²) in [7, 11) is -2.39. The van der Waals surface area contributed by atoms with E-state index in [0.29, 0.717) is 64.7 Å². The summed E-state index contributed by atoms with van der Waals surface area (Å²) in [6.45, 7) is 25.1. The van der Waals surface area contributed by atoms with Gasteiger partial charge in [0.25, 0.3) is 0 Å². The van der Waals surface area contributed by atoms with E-state index in [2.05, 4.69) is 9.44 Å². The first-order chi connectivity index (χ1) is 22.6. The molecule has 11 nitrogen and oxygen atoms in total. The topological polar surface area (TPSA) is 138 Å². The minimum absolute atomic E-state index is 0.0170. The highest BCUT2D eigenvalue weighted by molar-refractivity contribution is 7.84. The smallest absolute Gasteiger partial charge is 0.410 e. The number of aliphatic hydroxyl groups excluding tert-OH is 1. The van der Waals surface area contributed by atoms with E-state index in [1.165, 1.54) is 0 Å². The van der Waals surface area contributed by atoms with Crippen molar-refractivity contribution < 1.29 is 37.0 Å². The maximum absolute atomic E-state index is 14.2. The lowest BCUT2D eigenvalue weighted by molar-refractivity contribution is 0.00619. The Bertz CT molecular complexity index is 1130. The number of nitrogens with zero attached hydrogens (tertiary/aromatic N) is 2. The molecule has 14 heteroatoms. The minimum atomic E-state index is -1.22. The monoisotopic (exact) mass is 750 g/mol. The van der Waals surface area contributed by atoms with Crippen molar-refractivity contribution in [3.8, 4) is 0 Å². The van der Waals surface area contributed by atoms with Gasteiger partial charge in [0.1, 0.15) is 17.4 Å². The van der Waals surface area contributed by atoms with Crippen LogP contribution in [0.2, 0.25) is 0 Å². The number of likely N-dealkylation sites (tertiary alicyclic amines) is 2. The number of hydrogen-bond donors (Lipinski definition) is 3. The second kappa shape index (κ2) is 15.9. The summed E-state index contributed by atoms with van der Waals surface area (Å²) in [6.07, 6.45) is 3.39. The number of ether oxygens (including phenoxy) is 2. The van der Waals surface area contributed by atoms with Gasteiger partial charge in [0.05, 0.1) is 37.6 Å². The van der Waals surface area contributed by atoms with Crippen molar-refractivity contribution in [2.45, 2.75) is 180 Å². The average molecular weight is 751 g/mol. The lowest BCUT2D eigenvalue weighted by atomic mass is 9.74. The molecule has 2 aliphatic carbocycles. The Morgan fingerprint density at radius 3 is 1.34 bits per heavy atom. The Morgan fingerprint density at radius 1 is 0.660 bits per heavy atom. The fourth-order valence-corrected chi connectivity index (χ4v) is 9.29. The zero-order chi connectivity index (χ0) is 38.1. The molecule has 6 atom stereocenters. The fourth-order valence-electron chi connectivity index (χ4n) is 7.37. The maximum atomic E-state index is 14.2. The normalized spacial score (nSPS) is 28.2. The highest BCUT2D eigenvalue weighted by Gasteiger charge is 2.52. The predicted octanol–water partition coefficient (Wildman–Crippen LogP) is 6.13. The summed E-state index contributed by atoms with van der Waals surface area (Å²) in [5.74, 6) is 0. The molecule has 0 bridgehead atoms. The largest absolute Gasteiger partial charge is 0.444 e. The number of aliphatic hydroxyl groups is 1. The van der Waals surface area contributed by atoms with Crippen molar-refractivity contribution in [3.05, 3.63) is 0 Å². The highest BCUT2D eigenvalue weighted by Crippen LogP contribution is 2.49. The number of hydrogen-bond acceptors (Lipinski definition) is 7. The van der Waals surface area contributed by atoms with Crippen molar-refractivity contribution in [1.29, 1.82) is 0 Å². The van der Waals surface area contributed by atoms with Gasteiger partial charge in [0.2, 0.25) is 0 Å². The molecule has 0 aromatic rings. The molecule has 2 saturated carbocycles. The molecule has 2 aliphatic heterocycles. The van der Waals surface area contributed by atoms with Gasteiger partial charge >= 0.3 is 12.2 Å². The molecule has 0 aromatic carbocycles. The third-order valence-electron chi connectivity index (χ3n) is 10.2. The lowest BCUT2D eigenvalue weighted by Crippen LogP contribution is -2.52. The van der Waals surface area contributed by atoms with Crippen LogP contribution in [0.3, 0.4) is 0 Å². The molecule has 3 N–H and O–H groups in total. The van der Waals surface area contributed by atoms with Crippen molar-refractivity contribution in [2.24, 2.45) is 10.8 Å². The number of amides is 2. The second-order valence-corrected chi connectivity index (χ2v) is 22.9. The molecule has 2 heterocycles. The predicted molar refractivity (Wildman–Crippen MR) is 198 cm³/mol. The van der Waals surface area contributed by atoms with Gasteiger partial charge < -0.3 is 24.4 Å². The summed E-state index contributed by atoms with van der Waals surface area (Å²) in [4.78, 5) is 28.0. The highest BCUT2D eigenvalue weighted by atomic mass is 32.2. The van der Waals surface area contributed by atoms with Crippen molar-refractivity contribution >= 4 is 34.2 Å². The standard InChI is InChI=1S/C18H33FN2O3S.C18H34N2O4S/c1-16(2,3)24-15(22)21-9-7-18(8-10-21)12-13(19)11-14(18)20-25(23)17(4,5)6;1-16(2,3)24-15(22)20-9-7-18(8-10-20)12-13(21)11-14(18)19-25(23)17(4,5)6/h13-14,20H,7-12H2,1-6H3;13-14,19,21H,7-12H2,1-6H3/t13-,14-,25-;13-,14+,25+/m10/s1. The van der Waals surface area contributed by atoms with E-state index in [-0.39, 0.29) is 50.7 Å². The van der Waals surface area contributed by atoms with E-state index in [1.807, 2.05) is 83.1 Å². The molecule has 2 saturated heterocycles. The summed E-state index contributed by atoms with van der Waals surface area (Å²) in [5, 5.41) is 10.2. The molecule has 4 fully saturated rings. The third kappa shape index (κ3) is 11.8. The van der Waals surface area contributed by atoms with E-state index in [0.717, 1.165) is 12.8 Å². The van der Waals surface area contributed by atoms with Gasteiger partial charge in [-0.3, -0.25) is 0 Å². The van der Waals surface area contributed by atoms with E-state index < -0.39 is 39.3 Å². The van der Waals surface area contributed by atoms with Crippen molar-refractivity contribution in [1.82, 2.24) is 19.2 Å². The van der Waals surface area contributed by atoms with Gasteiger partial charge in [-0.25, -0.2) is 31.8 Å². The average Bonchev–Trinajstić information content (AvgIpc) is 3.40. The Balaban J connectivity index is 0.000000270. The Morgan fingerprint density at radius 2 is 1.00 bits per heavy atom. The molecule has 292 valence electrons. The number of nitrogens with one attached hydrogen (secondary N) is 2. The van der Waals surface area contributed by atoms with Crippen LogP contribution in [0.4, 0.5) is 14.0 Å². The van der Waals surface area contributed by atoms with Gasteiger partial charge in [-0.05, 0) is 145 Å². The number of carbonyl (C=O) groups is 2. The van der Waals surface area contributed by atoms with Crippen LogP contribution in [0.25, 0.3) is 0 Å². The molecule has 2 spiro atoms. The summed E-state index contributed by atoms with van der Waals surface area (Å²) >= 11 is 0. The number of rotatable bonds is 4. The van der Waals surface area contributed by atoms with E-state index in [4.69, 9.17) is 9.47 Å². The molecule has 4 rings (SSSR count). The van der Waals surface area contributed by atoms with E-state index >= 15 is 0 Å². The molecule has 0 aromatic heterocycles. The lowest BCUT2D eigenvalue weighted by Gasteiger charge is -2.43. The van der Waals surface area contributed by atoms with Crippen LogP contribution in [0, 0.1) is 10.8 Å². The second-order valence-electron chi connectivity index (χ2n) is 18.9. The molecular formula is C36H67FN4O7S2. The molecule has 4 aliphatic rings. The van der Waals surface area contributed by atoms with Crippen molar-refractivity contribution in [3.63, 3.8) is 0 Å². The number of halogens is 1. The fraction of sp³-hybridized carbons (Fsp3) is 0.944. The zero-order valence-electron chi connectivity index (χ0n) is 32.8. The number of carbonyl (C=O) groups excluding carboxylic acids is 2. The van der Waals surface area contributed by atoms with Gasteiger partial charge in [-0.2, -0.15) is 0 Å². The molecule has 2 amide bonds. The van der Waals surface area contributed by atoms with Gasteiger partial charge in [-0.1, -0.05) is 0 Å². The first-order valence-electron chi connectivity index (χ1n) is 18.3. The van der Waals surface area contributed by atoms with Crippen LogP contribution in [0.1, 0.15) is 134 Å². The summed E-state index contributed by atoms with van der Waals surface area (Å²) < 4.78 is 55.8. The van der Waals surface area contributed by atoms with E-state index in [9.17, 15) is 27.5 Å². The Labute approximate surface area is 306 Å². The quantitative estimate of drug-likeness (QED) is 0.314. The third-order valence-corrected chi connectivity index (χ3v) is 13.4. The molecule has 0 radical (unpaired) electrons. The Kier molecular flexibility index (Phi) is 13.7. The summed E-state index contributed by atoms with van der Waals surface area (Å²) in [6, 6.07) is -0.0910. The van der Waals surface area contributed by atoms with E-state index in [1.54, 1.807) is 9.80 Å². The SMILES string of the molecule is CC(C)(C)OC(=O)N1CCC2(CC1)C[C@@H](O)C[C@H]2N[S@](=O)C(C)(C)C.CC(C)(C)OC(=O)N1CCC2(CC1)C[C@H](F)C[C@H]2N[S@](=O)C(C)(C)C. The molecule has 50 heavy (non-hydrogen) atoms. The number of alkyl halides is 1. The minimum Gasteiger partial charge on any atom is -0.444 e. The maximum Gasteiger partial charge on any atom is 0.410 e. The van der Waals surface area contributed by atoms with Gasteiger partial charge in [-0.15, -0.1) is 0 Å². The van der Waals surface area contributed by atoms with Gasteiger partial charge in [0, 0.05) is 38.3 Å². The molecular weight excluding hydrogens is 684 g/mol. The molecule has 0 unspecified atom stereocenters. The van der Waals surface area contributed by atoms with Crippen LogP contribution in [-0.4, -0.2) is 107 Å². The van der Waals surface area contributed by atoms with Crippen LogP contribution >= 0.6 is 0 Å². The summed E-state index contributed by atoms with van der Waals surface area (Å²) in [5.41, 5.74) is -1.33. The first-order valence-corrected chi connectivity index (χ1v) is 20.6.